The van der Waals surface area contributed by atoms with Crippen molar-refractivity contribution >= 4 is 0 Å². The fraction of sp³-hybridized carbons (Fsp3) is 0.647. The average Bonchev–Trinajstić information content (AvgIpc) is 2.50. The molecule has 112 valence electrons. The van der Waals surface area contributed by atoms with Crippen molar-refractivity contribution in [3.63, 3.8) is 0 Å². The predicted octanol–water partition coefficient (Wildman–Crippen LogP) is 3.92. The molecule has 1 aliphatic rings. The summed E-state index contributed by atoms with van der Waals surface area (Å²) in [6.07, 6.45) is 6.63. The topological polar surface area (TPSA) is 35.2 Å². The van der Waals surface area contributed by atoms with E-state index in [1.54, 1.807) is 6.07 Å². The molecular formula is C17H26FNO. The molecule has 0 saturated heterocycles. The molecule has 2 rings (SSSR count). The second-order valence-corrected chi connectivity index (χ2v) is 6.17. The molecule has 0 amide bonds. The van der Waals surface area contributed by atoms with Gasteiger partial charge in [0.1, 0.15) is 0 Å². The molecule has 0 spiro atoms. The molecule has 2 N–H and O–H groups in total. The number of ether oxygens (including phenoxy) is 1. The van der Waals surface area contributed by atoms with Crippen LogP contribution >= 0.6 is 0 Å². The Kier molecular flexibility index (Phi) is 5.03. The molecule has 0 atom stereocenters. The van der Waals surface area contributed by atoms with E-state index in [9.17, 15) is 4.39 Å². The zero-order chi connectivity index (χ0) is 14.6. The monoisotopic (exact) mass is 279 g/mol. The van der Waals surface area contributed by atoms with Gasteiger partial charge in [-0.05, 0) is 61.6 Å². The largest absolute Gasteiger partial charge is 0.494 e. The van der Waals surface area contributed by atoms with Crippen LogP contribution in [-0.4, -0.2) is 13.7 Å². The highest BCUT2D eigenvalue weighted by molar-refractivity contribution is 5.31. The van der Waals surface area contributed by atoms with Crippen molar-refractivity contribution in [2.24, 2.45) is 17.1 Å². The first-order chi connectivity index (χ1) is 9.64. The third-order valence-electron chi connectivity index (χ3n) is 5.00. The van der Waals surface area contributed by atoms with E-state index in [-0.39, 0.29) is 11.2 Å². The molecule has 20 heavy (non-hydrogen) atoms. The molecule has 1 saturated carbocycles. The van der Waals surface area contributed by atoms with E-state index in [1.807, 2.05) is 12.1 Å². The Morgan fingerprint density at radius 1 is 1.35 bits per heavy atom. The van der Waals surface area contributed by atoms with Crippen LogP contribution in [0.1, 0.15) is 44.6 Å². The Hall–Kier alpha value is -1.09. The van der Waals surface area contributed by atoms with Crippen molar-refractivity contribution < 1.29 is 9.13 Å². The standard InChI is InChI=1S/C17H26FNO/c1-3-13-7-9-17(12-19,10-8-13)11-14-5-4-6-15(20-2)16(14)18/h4-6,13H,3,7-12,19H2,1-2H3. The van der Waals surface area contributed by atoms with Gasteiger partial charge in [0, 0.05) is 0 Å². The molecule has 0 bridgehead atoms. The van der Waals surface area contributed by atoms with E-state index in [2.05, 4.69) is 6.92 Å². The zero-order valence-corrected chi connectivity index (χ0v) is 12.6. The van der Waals surface area contributed by atoms with E-state index in [1.165, 1.54) is 26.4 Å². The smallest absolute Gasteiger partial charge is 0.168 e. The molecular weight excluding hydrogens is 253 g/mol. The van der Waals surface area contributed by atoms with Gasteiger partial charge in [0.05, 0.1) is 7.11 Å². The molecule has 0 radical (unpaired) electrons. The van der Waals surface area contributed by atoms with Gasteiger partial charge < -0.3 is 10.5 Å². The Labute approximate surface area is 121 Å². The maximum atomic E-state index is 14.3. The normalized spacial score (nSPS) is 26.5. The second-order valence-electron chi connectivity index (χ2n) is 6.17. The summed E-state index contributed by atoms with van der Waals surface area (Å²) >= 11 is 0. The maximum Gasteiger partial charge on any atom is 0.168 e. The molecule has 0 unspecified atom stereocenters. The van der Waals surface area contributed by atoms with E-state index in [4.69, 9.17) is 10.5 Å². The summed E-state index contributed by atoms with van der Waals surface area (Å²) in [6, 6.07) is 5.39. The number of methoxy groups -OCH3 is 1. The van der Waals surface area contributed by atoms with Crippen molar-refractivity contribution in [2.45, 2.75) is 45.4 Å². The number of hydrogen-bond donors (Lipinski definition) is 1. The minimum Gasteiger partial charge on any atom is -0.494 e. The van der Waals surface area contributed by atoms with Crippen LogP contribution in [0.4, 0.5) is 4.39 Å². The summed E-state index contributed by atoms with van der Waals surface area (Å²) in [5, 5.41) is 0. The van der Waals surface area contributed by atoms with Gasteiger partial charge in [0.15, 0.2) is 11.6 Å². The van der Waals surface area contributed by atoms with Gasteiger partial charge in [-0.25, -0.2) is 4.39 Å². The highest BCUT2D eigenvalue weighted by Gasteiger charge is 2.34. The predicted molar refractivity (Wildman–Crippen MR) is 80.4 cm³/mol. The van der Waals surface area contributed by atoms with Gasteiger partial charge in [-0.3, -0.25) is 0 Å². The van der Waals surface area contributed by atoms with E-state index in [0.717, 1.165) is 30.7 Å². The number of hydrogen-bond acceptors (Lipinski definition) is 2. The molecule has 1 aromatic carbocycles. The zero-order valence-electron chi connectivity index (χ0n) is 12.6. The second kappa shape index (κ2) is 6.57. The number of benzene rings is 1. The van der Waals surface area contributed by atoms with Crippen molar-refractivity contribution in [1.82, 2.24) is 0 Å². The van der Waals surface area contributed by atoms with Crippen molar-refractivity contribution in [3.05, 3.63) is 29.6 Å². The third-order valence-corrected chi connectivity index (χ3v) is 5.00. The quantitative estimate of drug-likeness (QED) is 0.886. The lowest BCUT2D eigenvalue weighted by atomic mass is 9.67. The lowest BCUT2D eigenvalue weighted by Crippen LogP contribution is -2.37. The van der Waals surface area contributed by atoms with Crippen LogP contribution < -0.4 is 10.5 Å². The van der Waals surface area contributed by atoms with Crippen LogP contribution in [0.3, 0.4) is 0 Å². The Morgan fingerprint density at radius 2 is 2.05 bits per heavy atom. The summed E-state index contributed by atoms with van der Waals surface area (Å²) in [5.74, 6) is 0.933. The minimum atomic E-state index is -0.222. The van der Waals surface area contributed by atoms with E-state index < -0.39 is 0 Å². The van der Waals surface area contributed by atoms with Gasteiger partial charge >= 0.3 is 0 Å². The summed E-state index contributed by atoms with van der Waals surface area (Å²) < 4.78 is 19.4. The van der Waals surface area contributed by atoms with Crippen LogP contribution in [-0.2, 0) is 6.42 Å². The SMILES string of the molecule is CCC1CCC(CN)(Cc2cccc(OC)c2F)CC1. The van der Waals surface area contributed by atoms with Gasteiger partial charge in [0.2, 0.25) is 0 Å². The molecule has 3 heteroatoms. The molecule has 0 heterocycles. The van der Waals surface area contributed by atoms with Crippen molar-refractivity contribution in [2.75, 3.05) is 13.7 Å². The van der Waals surface area contributed by atoms with Crippen LogP contribution in [0.2, 0.25) is 0 Å². The molecule has 1 fully saturated rings. The number of rotatable bonds is 5. The Balaban J connectivity index is 2.15. The van der Waals surface area contributed by atoms with Gasteiger partial charge in [0.25, 0.3) is 0 Å². The fourth-order valence-electron chi connectivity index (χ4n) is 3.41. The lowest BCUT2D eigenvalue weighted by molar-refractivity contribution is 0.152. The number of halogens is 1. The lowest BCUT2D eigenvalue weighted by Gasteiger charge is -2.39. The van der Waals surface area contributed by atoms with Crippen molar-refractivity contribution in [3.8, 4) is 5.75 Å². The third kappa shape index (κ3) is 3.14. The first-order valence-corrected chi connectivity index (χ1v) is 7.65. The molecule has 0 aromatic heterocycles. The van der Waals surface area contributed by atoms with Crippen molar-refractivity contribution in [1.29, 1.82) is 0 Å². The van der Waals surface area contributed by atoms with Gasteiger partial charge in [-0.15, -0.1) is 0 Å². The van der Waals surface area contributed by atoms with Crippen LogP contribution in [0, 0.1) is 17.2 Å². The summed E-state index contributed by atoms with van der Waals surface area (Å²) in [7, 11) is 1.51. The molecule has 1 aromatic rings. The first-order valence-electron chi connectivity index (χ1n) is 7.65. The van der Waals surface area contributed by atoms with Gasteiger partial charge in [-0.2, -0.15) is 0 Å². The summed E-state index contributed by atoms with van der Waals surface area (Å²) in [6.45, 7) is 2.89. The van der Waals surface area contributed by atoms with E-state index >= 15 is 0 Å². The highest BCUT2D eigenvalue weighted by Crippen LogP contribution is 2.42. The summed E-state index contributed by atoms with van der Waals surface area (Å²) in [5.41, 5.74) is 6.85. The van der Waals surface area contributed by atoms with Crippen LogP contribution in [0.25, 0.3) is 0 Å². The maximum absolute atomic E-state index is 14.3. The molecule has 1 aliphatic carbocycles. The van der Waals surface area contributed by atoms with Crippen LogP contribution in [0.15, 0.2) is 18.2 Å². The Bertz CT molecular complexity index is 439. The minimum absolute atomic E-state index is 0.0683. The highest BCUT2D eigenvalue weighted by atomic mass is 19.1. The van der Waals surface area contributed by atoms with Crippen LogP contribution in [0.5, 0.6) is 5.75 Å². The average molecular weight is 279 g/mol. The molecule has 0 aliphatic heterocycles. The van der Waals surface area contributed by atoms with Gasteiger partial charge in [-0.1, -0.05) is 25.5 Å². The summed E-state index contributed by atoms with van der Waals surface area (Å²) in [4.78, 5) is 0. The Morgan fingerprint density at radius 3 is 2.60 bits per heavy atom. The number of nitrogens with two attached hydrogens (primary N) is 1. The van der Waals surface area contributed by atoms with E-state index in [0.29, 0.717) is 12.3 Å². The molecule has 2 nitrogen and oxygen atoms in total. The fourth-order valence-corrected chi connectivity index (χ4v) is 3.41. The first kappa shape index (κ1) is 15.3.